The molecule has 1 unspecified atom stereocenters. The number of hydrogen-bond acceptors (Lipinski definition) is 4. The van der Waals surface area contributed by atoms with Crippen molar-refractivity contribution in [1.29, 1.82) is 0 Å². The first-order valence-electron chi connectivity index (χ1n) is 4.67. The number of anilines is 1. The molecule has 0 saturated heterocycles. The molecule has 0 bridgehead atoms. The fraction of sp³-hybridized carbons (Fsp3) is 0.556. The van der Waals surface area contributed by atoms with E-state index in [9.17, 15) is 4.79 Å². The second-order valence-corrected chi connectivity index (χ2v) is 3.64. The number of aromatic amines is 1. The first kappa shape index (κ1) is 11.5. The maximum Gasteiger partial charge on any atom is 0.259 e. The number of nitrogen functional groups attached to an aromatic ring is 1. The Morgan fingerprint density at radius 3 is 2.73 bits per heavy atom. The number of H-pyrrole nitrogens is 1. The van der Waals surface area contributed by atoms with Crippen molar-refractivity contribution >= 4 is 11.7 Å². The highest BCUT2D eigenvalue weighted by Crippen LogP contribution is 2.14. The summed E-state index contributed by atoms with van der Waals surface area (Å²) in [7, 11) is 1.61. The second kappa shape index (κ2) is 4.31. The highest BCUT2D eigenvalue weighted by molar-refractivity contribution is 5.99. The van der Waals surface area contributed by atoms with Crippen LogP contribution in [0.1, 0.15) is 23.0 Å². The molecule has 0 fully saturated rings. The average molecular weight is 212 g/mol. The van der Waals surface area contributed by atoms with Crippen molar-refractivity contribution in [1.82, 2.24) is 15.1 Å². The van der Waals surface area contributed by atoms with Crippen LogP contribution in [0.4, 0.5) is 5.82 Å². The Labute approximate surface area is 88.1 Å². The number of carbonyl (C=O) groups excluding carboxylic acids is 1. The van der Waals surface area contributed by atoms with Gasteiger partial charge in [0.2, 0.25) is 0 Å². The molecule has 1 atom stereocenters. The van der Waals surface area contributed by atoms with E-state index in [4.69, 9.17) is 10.8 Å². The molecule has 0 saturated carbocycles. The van der Waals surface area contributed by atoms with E-state index in [0.717, 1.165) is 0 Å². The van der Waals surface area contributed by atoms with E-state index in [0.29, 0.717) is 11.3 Å². The number of carbonyl (C=O) groups is 1. The average Bonchev–Trinajstić information content (AvgIpc) is 2.44. The first-order chi connectivity index (χ1) is 6.93. The summed E-state index contributed by atoms with van der Waals surface area (Å²) < 4.78 is 0. The van der Waals surface area contributed by atoms with Gasteiger partial charge in [-0.05, 0) is 13.8 Å². The lowest BCUT2D eigenvalue weighted by molar-refractivity contribution is 0.0704. The van der Waals surface area contributed by atoms with E-state index in [1.807, 2.05) is 0 Å². The minimum atomic E-state index is -0.563. The molecule has 4 N–H and O–H groups in total. The Hall–Kier alpha value is -1.56. The van der Waals surface area contributed by atoms with Crippen molar-refractivity contribution in [3.8, 4) is 0 Å². The third-order valence-electron chi connectivity index (χ3n) is 2.07. The minimum Gasteiger partial charge on any atom is -0.392 e. The van der Waals surface area contributed by atoms with Gasteiger partial charge in [-0.25, -0.2) is 0 Å². The number of rotatable bonds is 3. The van der Waals surface area contributed by atoms with Gasteiger partial charge in [0.05, 0.1) is 6.10 Å². The van der Waals surface area contributed by atoms with E-state index in [1.165, 1.54) is 4.90 Å². The molecule has 0 aliphatic carbocycles. The fourth-order valence-corrected chi connectivity index (χ4v) is 1.39. The number of likely N-dealkylation sites (N-methyl/N-ethyl adjacent to an activating group) is 1. The van der Waals surface area contributed by atoms with Crippen LogP contribution in [0.25, 0.3) is 0 Å². The van der Waals surface area contributed by atoms with Crippen LogP contribution in [-0.2, 0) is 0 Å². The van der Waals surface area contributed by atoms with Crippen LogP contribution in [0.2, 0.25) is 0 Å². The van der Waals surface area contributed by atoms with Gasteiger partial charge in [-0.1, -0.05) is 0 Å². The zero-order valence-corrected chi connectivity index (χ0v) is 9.11. The highest BCUT2D eigenvalue weighted by Gasteiger charge is 2.20. The zero-order valence-electron chi connectivity index (χ0n) is 9.11. The quantitative estimate of drug-likeness (QED) is 0.644. The standard InChI is InChI=1S/C9H16N4O2/c1-5(14)4-13(3)9(15)7-6(2)11-12-8(7)10/h5,14H,4H2,1-3H3,(H3,10,11,12). The highest BCUT2D eigenvalue weighted by atomic mass is 16.3. The Balaban J connectivity index is 2.85. The van der Waals surface area contributed by atoms with Crippen molar-refractivity contribution in [2.45, 2.75) is 20.0 Å². The number of aliphatic hydroxyl groups is 1. The van der Waals surface area contributed by atoms with Crippen molar-refractivity contribution in [3.63, 3.8) is 0 Å². The molecule has 0 radical (unpaired) electrons. The maximum absolute atomic E-state index is 11.9. The van der Waals surface area contributed by atoms with Crippen molar-refractivity contribution in [2.75, 3.05) is 19.3 Å². The molecule has 6 nitrogen and oxygen atoms in total. The number of amides is 1. The number of nitrogens with two attached hydrogens (primary N) is 1. The smallest absolute Gasteiger partial charge is 0.259 e. The molecule has 1 aromatic heterocycles. The van der Waals surface area contributed by atoms with E-state index in [2.05, 4.69) is 10.2 Å². The molecular formula is C9H16N4O2. The number of hydrogen-bond donors (Lipinski definition) is 3. The predicted molar refractivity (Wildman–Crippen MR) is 56.4 cm³/mol. The van der Waals surface area contributed by atoms with Crippen LogP contribution in [0.3, 0.4) is 0 Å². The summed E-state index contributed by atoms with van der Waals surface area (Å²) in [5.74, 6) is -0.0467. The molecule has 0 aliphatic heterocycles. The van der Waals surface area contributed by atoms with Gasteiger partial charge >= 0.3 is 0 Å². The lowest BCUT2D eigenvalue weighted by Crippen LogP contribution is -2.33. The topological polar surface area (TPSA) is 95.2 Å². The largest absolute Gasteiger partial charge is 0.392 e. The number of aryl methyl sites for hydroxylation is 1. The van der Waals surface area contributed by atoms with Crippen molar-refractivity contribution in [3.05, 3.63) is 11.3 Å². The Morgan fingerprint density at radius 1 is 1.73 bits per heavy atom. The van der Waals surface area contributed by atoms with Crippen molar-refractivity contribution < 1.29 is 9.90 Å². The molecule has 0 spiro atoms. The lowest BCUT2D eigenvalue weighted by Gasteiger charge is -2.18. The normalized spacial score (nSPS) is 12.5. The van der Waals surface area contributed by atoms with Crippen LogP contribution in [0.5, 0.6) is 0 Å². The van der Waals surface area contributed by atoms with Crippen LogP contribution in [0, 0.1) is 6.92 Å². The summed E-state index contributed by atoms with van der Waals surface area (Å²) in [6.45, 7) is 3.62. The Morgan fingerprint density at radius 2 is 2.33 bits per heavy atom. The summed E-state index contributed by atoms with van der Waals surface area (Å²) >= 11 is 0. The van der Waals surface area contributed by atoms with Gasteiger partial charge in [0.1, 0.15) is 5.56 Å². The molecule has 0 aromatic carbocycles. The number of nitrogens with one attached hydrogen (secondary N) is 1. The summed E-state index contributed by atoms with van der Waals surface area (Å²) in [4.78, 5) is 13.3. The van der Waals surface area contributed by atoms with E-state index in [1.54, 1.807) is 20.9 Å². The summed E-state index contributed by atoms with van der Waals surface area (Å²) in [5, 5.41) is 15.5. The van der Waals surface area contributed by atoms with Gasteiger partial charge in [-0.3, -0.25) is 9.89 Å². The monoisotopic (exact) mass is 212 g/mol. The van der Waals surface area contributed by atoms with Gasteiger partial charge in [-0.15, -0.1) is 0 Å². The molecular weight excluding hydrogens is 196 g/mol. The molecule has 1 aromatic rings. The van der Waals surface area contributed by atoms with Gasteiger partial charge in [0, 0.05) is 19.3 Å². The summed E-state index contributed by atoms with van der Waals surface area (Å²) in [5.41, 5.74) is 6.57. The van der Waals surface area contributed by atoms with Gasteiger partial charge in [0.25, 0.3) is 5.91 Å². The Bertz CT molecular complexity index is 339. The Kier molecular flexibility index (Phi) is 3.31. The molecule has 1 heterocycles. The number of aromatic nitrogens is 2. The number of nitrogens with zero attached hydrogens (tertiary/aromatic N) is 2. The van der Waals surface area contributed by atoms with Crippen LogP contribution < -0.4 is 5.73 Å². The molecule has 84 valence electrons. The summed E-state index contributed by atoms with van der Waals surface area (Å²) in [6.07, 6.45) is -0.563. The zero-order chi connectivity index (χ0) is 11.6. The molecule has 15 heavy (non-hydrogen) atoms. The minimum absolute atomic E-state index is 0.190. The molecule has 1 amide bonds. The van der Waals surface area contributed by atoms with Crippen LogP contribution in [0.15, 0.2) is 0 Å². The van der Waals surface area contributed by atoms with E-state index in [-0.39, 0.29) is 18.3 Å². The first-order valence-corrected chi connectivity index (χ1v) is 4.67. The fourth-order valence-electron chi connectivity index (χ4n) is 1.39. The van der Waals surface area contributed by atoms with Gasteiger partial charge in [0.15, 0.2) is 5.82 Å². The lowest BCUT2D eigenvalue weighted by atomic mass is 10.2. The van der Waals surface area contributed by atoms with Crippen molar-refractivity contribution in [2.24, 2.45) is 0 Å². The third-order valence-corrected chi connectivity index (χ3v) is 2.07. The predicted octanol–water partition coefficient (Wildman–Crippen LogP) is -0.247. The van der Waals surface area contributed by atoms with Crippen LogP contribution in [-0.4, -0.2) is 45.8 Å². The second-order valence-electron chi connectivity index (χ2n) is 3.64. The third kappa shape index (κ3) is 2.47. The molecule has 6 heteroatoms. The number of aliphatic hydroxyl groups excluding tert-OH is 1. The molecule has 1 rings (SSSR count). The van der Waals surface area contributed by atoms with Gasteiger partial charge < -0.3 is 15.7 Å². The summed E-state index contributed by atoms with van der Waals surface area (Å²) in [6, 6.07) is 0. The van der Waals surface area contributed by atoms with E-state index >= 15 is 0 Å². The maximum atomic E-state index is 11.9. The van der Waals surface area contributed by atoms with Crippen LogP contribution >= 0.6 is 0 Å². The van der Waals surface area contributed by atoms with Gasteiger partial charge in [-0.2, -0.15) is 5.10 Å². The SMILES string of the molecule is Cc1[nH]nc(N)c1C(=O)N(C)CC(C)O. The molecule has 0 aliphatic rings. The van der Waals surface area contributed by atoms with E-state index < -0.39 is 6.10 Å².